The highest BCUT2D eigenvalue weighted by atomic mass is 32.1. The molecule has 4 aromatic rings. The molecule has 0 spiro atoms. The van der Waals surface area contributed by atoms with Crippen LogP contribution >= 0.6 is 11.3 Å². The summed E-state index contributed by atoms with van der Waals surface area (Å²) in [5.74, 6) is -0.175. The van der Waals surface area contributed by atoms with Gasteiger partial charge in [0.1, 0.15) is 5.82 Å². The zero-order valence-corrected chi connectivity index (χ0v) is 12.9. The van der Waals surface area contributed by atoms with Crippen molar-refractivity contribution in [3.05, 3.63) is 72.0 Å². The van der Waals surface area contributed by atoms with Gasteiger partial charge in [-0.05, 0) is 48.9 Å². The second kappa shape index (κ2) is 5.11. The van der Waals surface area contributed by atoms with E-state index in [4.69, 9.17) is 0 Å². The van der Waals surface area contributed by atoms with Gasteiger partial charge in [0.05, 0.1) is 0 Å². The van der Waals surface area contributed by atoms with E-state index in [2.05, 4.69) is 47.8 Å². The summed E-state index contributed by atoms with van der Waals surface area (Å²) in [6.07, 6.45) is 0. The fourth-order valence-electron chi connectivity index (χ4n) is 2.69. The number of fused-ring (bicyclic) bond motifs is 3. The quantitative estimate of drug-likeness (QED) is 0.462. The van der Waals surface area contributed by atoms with Crippen LogP contribution in [-0.2, 0) is 0 Å². The van der Waals surface area contributed by atoms with E-state index >= 15 is 0 Å². The first-order chi connectivity index (χ1) is 10.7. The molecule has 3 heteroatoms. The van der Waals surface area contributed by atoms with Crippen molar-refractivity contribution in [2.75, 3.05) is 5.32 Å². The van der Waals surface area contributed by atoms with Gasteiger partial charge in [0.2, 0.25) is 0 Å². The Kier molecular flexibility index (Phi) is 3.09. The van der Waals surface area contributed by atoms with E-state index < -0.39 is 0 Å². The van der Waals surface area contributed by atoms with Crippen molar-refractivity contribution in [3.8, 4) is 0 Å². The molecule has 22 heavy (non-hydrogen) atoms. The molecular formula is C19H14FNS. The smallest absolute Gasteiger partial charge is 0.126 e. The molecule has 0 bridgehead atoms. The van der Waals surface area contributed by atoms with Crippen molar-refractivity contribution in [2.45, 2.75) is 6.92 Å². The van der Waals surface area contributed by atoms with Crippen molar-refractivity contribution >= 4 is 42.9 Å². The van der Waals surface area contributed by atoms with E-state index in [9.17, 15) is 4.39 Å². The van der Waals surface area contributed by atoms with Crippen molar-refractivity contribution in [2.24, 2.45) is 0 Å². The van der Waals surface area contributed by atoms with Crippen LogP contribution in [-0.4, -0.2) is 0 Å². The topological polar surface area (TPSA) is 12.0 Å². The maximum absolute atomic E-state index is 13.3. The van der Waals surface area contributed by atoms with Crippen LogP contribution in [0.25, 0.3) is 20.2 Å². The second-order valence-corrected chi connectivity index (χ2v) is 6.48. The number of hydrogen-bond donors (Lipinski definition) is 1. The molecule has 0 aliphatic heterocycles. The lowest BCUT2D eigenvalue weighted by molar-refractivity contribution is 0.619. The second-order valence-electron chi connectivity index (χ2n) is 5.40. The number of hydrogen-bond acceptors (Lipinski definition) is 2. The van der Waals surface area contributed by atoms with Crippen molar-refractivity contribution in [1.82, 2.24) is 0 Å². The van der Waals surface area contributed by atoms with E-state index in [1.54, 1.807) is 24.3 Å². The number of nitrogens with one attached hydrogen (secondary N) is 1. The first-order valence-corrected chi connectivity index (χ1v) is 7.97. The lowest BCUT2D eigenvalue weighted by atomic mass is 10.1. The van der Waals surface area contributed by atoms with Crippen LogP contribution < -0.4 is 5.32 Å². The maximum atomic E-state index is 13.3. The third-order valence-electron chi connectivity index (χ3n) is 3.83. The molecule has 1 aromatic heterocycles. The van der Waals surface area contributed by atoms with E-state index in [1.165, 1.54) is 26.2 Å². The average molecular weight is 307 g/mol. The normalized spacial score (nSPS) is 11.2. The van der Waals surface area contributed by atoms with Crippen LogP contribution in [0.1, 0.15) is 5.56 Å². The van der Waals surface area contributed by atoms with Crippen LogP contribution in [0.3, 0.4) is 0 Å². The Labute approximate surface area is 132 Å². The predicted molar refractivity (Wildman–Crippen MR) is 93.8 cm³/mol. The van der Waals surface area contributed by atoms with Gasteiger partial charge in [0.25, 0.3) is 0 Å². The highest BCUT2D eigenvalue weighted by Crippen LogP contribution is 2.35. The first-order valence-electron chi connectivity index (χ1n) is 7.15. The molecule has 4 rings (SSSR count). The summed E-state index contributed by atoms with van der Waals surface area (Å²) in [7, 11) is 0. The van der Waals surface area contributed by atoms with E-state index in [-0.39, 0.29) is 5.82 Å². The number of thiophene rings is 1. The monoisotopic (exact) mass is 307 g/mol. The highest BCUT2D eigenvalue weighted by molar-refractivity contribution is 7.25. The van der Waals surface area contributed by atoms with Gasteiger partial charge in [-0.3, -0.25) is 0 Å². The van der Waals surface area contributed by atoms with Gasteiger partial charge in [0, 0.05) is 31.5 Å². The largest absolute Gasteiger partial charge is 0.355 e. The van der Waals surface area contributed by atoms with Gasteiger partial charge in [-0.15, -0.1) is 11.3 Å². The van der Waals surface area contributed by atoms with Crippen molar-refractivity contribution in [3.63, 3.8) is 0 Å². The van der Waals surface area contributed by atoms with Crippen LogP contribution in [0.2, 0.25) is 0 Å². The van der Waals surface area contributed by atoms with Crippen LogP contribution in [0.5, 0.6) is 0 Å². The number of aryl methyl sites for hydroxylation is 1. The Bertz CT molecular complexity index is 987. The van der Waals surface area contributed by atoms with Crippen LogP contribution in [0.4, 0.5) is 15.8 Å². The third kappa shape index (κ3) is 2.24. The summed E-state index contributed by atoms with van der Waals surface area (Å²) in [5.41, 5.74) is 2.57. The molecule has 0 fully saturated rings. The summed E-state index contributed by atoms with van der Waals surface area (Å²) in [6, 6.07) is 19.9. The molecule has 0 radical (unpaired) electrons. The Morgan fingerprint density at radius 1 is 0.818 bits per heavy atom. The molecule has 1 heterocycles. The average Bonchev–Trinajstić information content (AvgIpc) is 2.88. The summed E-state index contributed by atoms with van der Waals surface area (Å²) in [5, 5.41) is 5.93. The highest BCUT2D eigenvalue weighted by Gasteiger charge is 2.06. The molecule has 0 aliphatic rings. The lowest BCUT2D eigenvalue weighted by Gasteiger charge is -2.08. The number of rotatable bonds is 2. The molecule has 1 nitrogen and oxygen atoms in total. The molecule has 0 saturated heterocycles. The van der Waals surface area contributed by atoms with Crippen molar-refractivity contribution < 1.29 is 4.39 Å². The minimum Gasteiger partial charge on any atom is -0.355 e. The van der Waals surface area contributed by atoms with E-state index in [0.717, 1.165) is 11.4 Å². The lowest BCUT2D eigenvalue weighted by Crippen LogP contribution is -1.91. The zero-order valence-electron chi connectivity index (χ0n) is 12.1. The Morgan fingerprint density at radius 3 is 2.41 bits per heavy atom. The molecule has 0 aliphatic carbocycles. The molecular weight excluding hydrogens is 293 g/mol. The standard InChI is InChI=1S/C19H14FNS/c1-12-10-13(7-9-17(12)20)21-14-6-8-16-15-4-2-3-5-18(15)22-19(16)11-14/h2-11,21H,1H3. The molecule has 0 saturated carbocycles. The van der Waals surface area contributed by atoms with Crippen LogP contribution in [0.15, 0.2) is 60.7 Å². The molecule has 1 N–H and O–H groups in total. The minimum absolute atomic E-state index is 0.175. The zero-order chi connectivity index (χ0) is 15.1. The number of benzene rings is 3. The van der Waals surface area contributed by atoms with Gasteiger partial charge in [-0.1, -0.05) is 24.3 Å². The molecule has 3 aromatic carbocycles. The first kappa shape index (κ1) is 13.3. The van der Waals surface area contributed by atoms with Gasteiger partial charge in [-0.2, -0.15) is 0 Å². The van der Waals surface area contributed by atoms with E-state index in [1.807, 2.05) is 6.07 Å². The Hall–Kier alpha value is -2.39. The predicted octanol–water partition coefficient (Wildman–Crippen LogP) is 6.25. The van der Waals surface area contributed by atoms with Gasteiger partial charge < -0.3 is 5.32 Å². The number of halogens is 1. The molecule has 0 unspecified atom stereocenters. The molecule has 108 valence electrons. The Morgan fingerprint density at radius 2 is 1.55 bits per heavy atom. The fourth-order valence-corrected chi connectivity index (χ4v) is 3.84. The molecule has 0 amide bonds. The SMILES string of the molecule is Cc1cc(Nc2ccc3c(c2)sc2ccccc23)ccc1F. The summed E-state index contributed by atoms with van der Waals surface area (Å²) >= 11 is 1.79. The summed E-state index contributed by atoms with van der Waals surface area (Å²) in [6.45, 7) is 1.77. The van der Waals surface area contributed by atoms with E-state index in [0.29, 0.717) is 5.56 Å². The maximum Gasteiger partial charge on any atom is 0.126 e. The van der Waals surface area contributed by atoms with Crippen molar-refractivity contribution in [1.29, 1.82) is 0 Å². The van der Waals surface area contributed by atoms with Gasteiger partial charge >= 0.3 is 0 Å². The minimum atomic E-state index is -0.175. The third-order valence-corrected chi connectivity index (χ3v) is 4.96. The molecule has 0 atom stereocenters. The van der Waals surface area contributed by atoms with Gasteiger partial charge in [-0.25, -0.2) is 4.39 Å². The fraction of sp³-hybridized carbons (Fsp3) is 0.0526. The Balaban J connectivity index is 1.75. The van der Waals surface area contributed by atoms with Gasteiger partial charge in [0.15, 0.2) is 0 Å². The number of anilines is 2. The summed E-state index contributed by atoms with van der Waals surface area (Å²) < 4.78 is 15.9. The summed E-state index contributed by atoms with van der Waals surface area (Å²) in [4.78, 5) is 0. The van der Waals surface area contributed by atoms with Crippen LogP contribution in [0, 0.1) is 12.7 Å².